The van der Waals surface area contributed by atoms with E-state index in [4.69, 9.17) is 10.2 Å². The summed E-state index contributed by atoms with van der Waals surface area (Å²) in [6.45, 7) is -0.359. The van der Waals surface area contributed by atoms with E-state index in [1.54, 1.807) is 29.1 Å². The van der Waals surface area contributed by atoms with Crippen molar-refractivity contribution in [2.24, 2.45) is 0 Å². The van der Waals surface area contributed by atoms with Gasteiger partial charge in [0.1, 0.15) is 13.1 Å². The molecule has 2 N–H and O–H groups in total. The van der Waals surface area contributed by atoms with Crippen LogP contribution >= 0.6 is 0 Å². The molecule has 0 aliphatic heterocycles. The van der Waals surface area contributed by atoms with Crippen LogP contribution in [0.15, 0.2) is 30.6 Å². The predicted molar refractivity (Wildman–Crippen MR) is 53.5 cm³/mol. The van der Waals surface area contributed by atoms with E-state index in [1.807, 2.05) is 6.07 Å². The van der Waals surface area contributed by atoms with Crippen LogP contribution in [0.4, 0.5) is 0 Å². The second kappa shape index (κ2) is 5.82. The van der Waals surface area contributed by atoms with Crippen LogP contribution in [0.3, 0.4) is 0 Å². The summed E-state index contributed by atoms with van der Waals surface area (Å²) in [5.74, 6) is -2.09. The zero-order valence-corrected chi connectivity index (χ0v) is 8.61. The first kappa shape index (κ1) is 12.1. The zero-order valence-electron chi connectivity index (χ0n) is 8.61. The SMILES string of the molecule is O=C(O)CN(CC(=O)O)C[n+]1ccccc1. The van der Waals surface area contributed by atoms with E-state index in [-0.39, 0.29) is 19.8 Å². The minimum absolute atomic E-state index is 0.236. The maximum atomic E-state index is 10.5. The van der Waals surface area contributed by atoms with Crippen molar-refractivity contribution in [3.8, 4) is 0 Å². The Morgan fingerprint density at radius 2 is 1.50 bits per heavy atom. The molecule has 0 atom stereocenters. The molecular formula is C10H13N2O4+. The number of aliphatic carboxylic acids is 2. The third-order valence-electron chi connectivity index (χ3n) is 1.86. The van der Waals surface area contributed by atoms with Crippen LogP contribution in [-0.4, -0.2) is 40.1 Å². The first-order valence-electron chi connectivity index (χ1n) is 4.68. The average molecular weight is 225 g/mol. The molecule has 0 aliphatic rings. The van der Waals surface area contributed by atoms with Crippen LogP contribution in [0.2, 0.25) is 0 Å². The van der Waals surface area contributed by atoms with E-state index in [0.29, 0.717) is 0 Å². The third-order valence-corrected chi connectivity index (χ3v) is 1.86. The second-order valence-electron chi connectivity index (χ2n) is 3.31. The highest BCUT2D eigenvalue weighted by atomic mass is 16.4. The topological polar surface area (TPSA) is 81.7 Å². The van der Waals surface area contributed by atoms with Crippen LogP contribution < -0.4 is 4.57 Å². The molecule has 1 heterocycles. The van der Waals surface area contributed by atoms with Crippen LogP contribution in [0, 0.1) is 0 Å². The Morgan fingerprint density at radius 1 is 1.00 bits per heavy atom. The minimum Gasteiger partial charge on any atom is -0.480 e. The summed E-state index contributed by atoms with van der Waals surface area (Å²) in [5, 5.41) is 17.3. The summed E-state index contributed by atoms with van der Waals surface area (Å²) in [6, 6.07) is 5.41. The fourth-order valence-corrected chi connectivity index (χ4v) is 1.30. The molecule has 0 amide bonds. The molecule has 16 heavy (non-hydrogen) atoms. The monoisotopic (exact) mass is 225 g/mol. The number of hydrogen-bond donors (Lipinski definition) is 2. The van der Waals surface area contributed by atoms with E-state index in [0.717, 1.165) is 0 Å². The molecule has 0 saturated carbocycles. The molecule has 0 aromatic carbocycles. The van der Waals surface area contributed by atoms with Gasteiger partial charge in [-0.15, -0.1) is 0 Å². The lowest BCUT2D eigenvalue weighted by Crippen LogP contribution is -2.46. The van der Waals surface area contributed by atoms with Gasteiger partial charge in [-0.3, -0.25) is 9.59 Å². The van der Waals surface area contributed by atoms with Gasteiger partial charge in [0.25, 0.3) is 0 Å². The predicted octanol–water partition coefficient (Wildman–Crippen LogP) is -0.597. The molecule has 0 fully saturated rings. The van der Waals surface area contributed by atoms with Gasteiger partial charge in [-0.1, -0.05) is 6.07 Å². The summed E-state index contributed by atoms with van der Waals surface area (Å²) in [6.07, 6.45) is 3.49. The van der Waals surface area contributed by atoms with Crippen LogP contribution in [0.1, 0.15) is 0 Å². The van der Waals surface area contributed by atoms with E-state index in [2.05, 4.69) is 0 Å². The quantitative estimate of drug-likeness (QED) is 0.632. The third kappa shape index (κ3) is 4.52. The average Bonchev–Trinajstić information content (AvgIpc) is 2.16. The van der Waals surface area contributed by atoms with Crippen molar-refractivity contribution < 1.29 is 24.4 Å². The molecule has 6 nitrogen and oxygen atoms in total. The molecule has 0 unspecified atom stereocenters. The Bertz CT molecular complexity index is 350. The Morgan fingerprint density at radius 3 is 1.94 bits per heavy atom. The van der Waals surface area contributed by atoms with E-state index in [9.17, 15) is 9.59 Å². The number of carboxylic acids is 2. The second-order valence-corrected chi connectivity index (χ2v) is 3.31. The van der Waals surface area contributed by atoms with Gasteiger partial charge in [-0.25, -0.2) is 4.90 Å². The fraction of sp³-hybridized carbons (Fsp3) is 0.300. The number of carbonyl (C=O) groups is 2. The van der Waals surface area contributed by atoms with Crippen molar-refractivity contribution in [3.63, 3.8) is 0 Å². The number of carboxylic acid groups (broad SMARTS) is 2. The van der Waals surface area contributed by atoms with Gasteiger partial charge in [-0.2, -0.15) is 4.57 Å². The Labute approximate surface area is 92.4 Å². The smallest absolute Gasteiger partial charge is 0.317 e. The van der Waals surface area contributed by atoms with Gasteiger partial charge < -0.3 is 10.2 Å². The first-order valence-corrected chi connectivity index (χ1v) is 4.68. The fourth-order valence-electron chi connectivity index (χ4n) is 1.30. The van der Waals surface area contributed by atoms with E-state index in [1.165, 1.54) is 4.90 Å². The molecule has 86 valence electrons. The lowest BCUT2D eigenvalue weighted by Gasteiger charge is -2.13. The Balaban J connectivity index is 2.63. The van der Waals surface area contributed by atoms with E-state index >= 15 is 0 Å². The van der Waals surface area contributed by atoms with Gasteiger partial charge in [-0.05, 0) is 0 Å². The first-order chi connectivity index (χ1) is 7.58. The molecule has 0 saturated heterocycles. The summed E-state index contributed by atoms with van der Waals surface area (Å²) in [7, 11) is 0. The van der Waals surface area contributed by atoms with Crippen molar-refractivity contribution in [3.05, 3.63) is 30.6 Å². The highest BCUT2D eigenvalue weighted by Crippen LogP contribution is 1.88. The summed E-state index contributed by atoms with van der Waals surface area (Å²) in [4.78, 5) is 22.4. The van der Waals surface area contributed by atoms with Crippen LogP contribution in [0.25, 0.3) is 0 Å². The summed E-state index contributed by atoms with van der Waals surface area (Å²) >= 11 is 0. The normalized spacial score (nSPS) is 10.3. The molecule has 1 aromatic heterocycles. The lowest BCUT2D eigenvalue weighted by atomic mass is 10.4. The molecule has 1 rings (SSSR count). The van der Waals surface area contributed by atoms with Gasteiger partial charge in [0, 0.05) is 12.1 Å². The highest BCUT2D eigenvalue weighted by molar-refractivity contribution is 5.72. The van der Waals surface area contributed by atoms with Crippen molar-refractivity contribution >= 4 is 11.9 Å². The molecular weight excluding hydrogens is 212 g/mol. The van der Waals surface area contributed by atoms with Gasteiger partial charge in [0.2, 0.25) is 6.67 Å². The highest BCUT2D eigenvalue weighted by Gasteiger charge is 2.16. The summed E-state index contributed by atoms with van der Waals surface area (Å²) in [5.41, 5.74) is 0. The molecule has 6 heteroatoms. The molecule has 0 bridgehead atoms. The summed E-state index contributed by atoms with van der Waals surface area (Å²) < 4.78 is 1.71. The largest absolute Gasteiger partial charge is 0.480 e. The van der Waals surface area contributed by atoms with Gasteiger partial charge >= 0.3 is 11.9 Å². The van der Waals surface area contributed by atoms with Crippen molar-refractivity contribution in [1.82, 2.24) is 4.90 Å². The number of rotatable bonds is 6. The molecule has 0 aliphatic carbocycles. The van der Waals surface area contributed by atoms with Gasteiger partial charge in [0.05, 0.1) is 0 Å². The standard InChI is InChI=1S/C10H12N2O4/c13-9(14)6-12(7-10(15)16)8-11-4-2-1-3-5-11/h1-5H,6-8H2,(H-,13,14,15,16)/p+1. The maximum Gasteiger partial charge on any atom is 0.317 e. The van der Waals surface area contributed by atoms with Gasteiger partial charge in [0.15, 0.2) is 12.4 Å². The molecule has 0 radical (unpaired) electrons. The zero-order chi connectivity index (χ0) is 12.0. The number of hydrogen-bond acceptors (Lipinski definition) is 3. The Kier molecular flexibility index (Phi) is 4.41. The van der Waals surface area contributed by atoms with Crippen molar-refractivity contribution in [1.29, 1.82) is 0 Å². The lowest BCUT2D eigenvalue weighted by molar-refractivity contribution is -0.715. The van der Waals surface area contributed by atoms with Crippen molar-refractivity contribution in [2.75, 3.05) is 13.1 Å². The van der Waals surface area contributed by atoms with Crippen molar-refractivity contribution in [2.45, 2.75) is 6.67 Å². The number of nitrogens with zero attached hydrogens (tertiary/aromatic N) is 2. The number of aromatic nitrogens is 1. The van der Waals surface area contributed by atoms with Crippen LogP contribution in [-0.2, 0) is 16.3 Å². The maximum absolute atomic E-state index is 10.5. The Hall–Kier alpha value is -1.95. The number of pyridine rings is 1. The molecule has 1 aromatic rings. The van der Waals surface area contributed by atoms with E-state index < -0.39 is 11.9 Å². The molecule has 0 spiro atoms. The van der Waals surface area contributed by atoms with Crippen LogP contribution in [0.5, 0.6) is 0 Å². The minimum atomic E-state index is -1.04.